The van der Waals surface area contributed by atoms with Gasteiger partial charge in [-0.1, -0.05) is 0 Å². The van der Waals surface area contributed by atoms with Crippen molar-refractivity contribution in [1.29, 1.82) is 0 Å². The van der Waals surface area contributed by atoms with E-state index in [-0.39, 0.29) is 10.6 Å². The predicted molar refractivity (Wildman–Crippen MR) is 125 cm³/mol. The Hall–Kier alpha value is -3.37. The smallest absolute Gasteiger partial charge is 0.246 e. The van der Waals surface area contributed by atoms with Crippen LogP contribution in [0.1, 0.15) is 0 Å². The summed E-state index contributed by atoms with van der Waals surface area (Å²) < 4.78 is 43.7. The number of ether oxygens (including phenoxy) is 3. The van der Waals surface area contributed by atoms with Crippen LogP contribution in [-0.2, 0) is 10.0 Å². The lowest BCUT2D eigenvalue weighted by Gasteiger charge is -2.34. The monoisotopic (exact) mass is 470 g/mol. The van der Waals surface area contributed by atoms with Gasteiger partial charge < -0.3 is 19.1 Å². The van der Waals surface area contributed by atoms with Crippen molar-refractivity contribution in [2.75, 3.05) is 52.4 Å². The molecule has 1 aromatic heterocycles. The quantitative estimate of drug-likeness (QED) is 0.520. The molecule has 174 valence electrons. The summed E-state index contributed by atoms with van der Waals surface area (Å²) in [6.07, 6.45) is 1.53. The van der Waals surface area contributed by atoms with Gasteiger partial charge in [-0.05, 0) is 36.4 Å². The van der Waals surface area contributed by atoms with Gasteiger partial charge in [0.05, 0.1) is 27.0 Å². The van der Waals surface area contributed by atoms with Gasteiger partial charge in [0.1, 0.15) is 34.3 Å². The fourth-order valence-electron chi connectivity index (χ4n) is 3.72. The Kier molecular flexibility index (Phi) is 6.66. The molecule has 3 aromatic rings. The zero-order valence-electron chi connectivity index (χ0n) is 18.8. The Labute approximate surface area is 193 Å². The zero-order chi connectivity index (χ0) is 23.4. The van der Waals surface area contributed by atoms with Crippen LogP contribution < -0.4 is 19.1 Å². The van der Waals surface area contributed by atoms with Crippen LogP contribution in [0.2, 0.25) is 0 Å². The van der Waals surface area contributed by atoms with Crippen molar-refractivity contribution in [3.8, 4) is 28.5 Å². The third-order valence-electron chi connectivity index (χ3n) is 5.59. The normalized spacial score (nSPS) is 14.7. The molecule has 0 atom stereocenters. The van der Waals surface area contributed by atoms with Crippen molar-refractivity contribution in [1.82, 2.24) is 14.3 Å². The Morgan fingerprint density at radius 1 is 0.788 bits per heavy atom. The van der Waals surface area contributed by atoms with Gasteiger partial charge in [0, 0.05) is 43.9 Å². The molecule has 0 bridgehead atoms. The van der Waals surface area contributed by atoms with E-state index in [0.717, 1.165) is 22.8 Å². The van der Waals surface area contributed by atoms with Gasteiger partial charge in [0.15, 0.2) is 0 Å². The summed E-state index contributed by atoms with van der Waals surface area (Å²) in [5.41, 5.74) is 1.74. The minimum atomic E-state index is -3.71. The molecule has 0 radical (unpaired) electrons. The largest absolute Gasteiger partial charge is 0.497 e. The summed E-state index contributed by atoms with van der Waals surface area (Å²) in [7, 11) is 0.885. The summed E-state index contributed by atoms with van der Waals surface area (Å²) in [5, 5.41) is 0. The molecule has 1 aliphatic rings. The molecule has 1 fully saturated rings. The molecule has 33 heavy (non-hydrogen) atoms. The molecule has 1 aliphatic heterocycles. The first-order valence-corrected chi connectivity index (χ1v) is 11.8. The summed E-state index contributed by atoms with van der Waals surface area (Å²) >= 11 is 0. The van der Waals surface area contributed by atoms with E-state index < -0.39 is 10.0 Å². The highest BCUT2D eigenvalue weighted by Crippen LogP contribution is 2.31. The van der Waals surface area contributed by atoms with Crippen molar-refractivity contribution >= 4 is 15.8 Å². The zero-order valence-corrected chi connectivity index (χ0v) is 19.6. The SMILES string of the molecule is COc1ccc(-c2cc(N3CCN(S(=O)(=O)c4ccc(OC)cc4OC)CC3)ncn2)cc1. The maximum Gasteiger partial charge on any atom is 0.246 e. The number of nitrogens with zero attached hydrogens (tertiary/aromatic N) is 4. The Morgan fingerprint density at radius 2 is 1.45 bits per heavy atom. The Bertz CT molecular complexity index is 1210. The number of benzene rings is 2. The lowest BCUT2D eigenvalue weighted by Crippen LogP contribution is -2.49. The molecule has 0 N–H and O–H groups in total. The molecule has 0 spiro atoms. The number of rotatable bonds is 7. The van der Waals surface area contributed by atoms with Crippen LogP contribution in [0.25, 0.3) is 11.3 Å². The Balaban J connectivity index is 1.49. The van der Waals surface area contributed by atoms with E-state index in [1.165, 1.54) is 30.9 Å². The first kappa shape index (κ1) is 22.8. The number of hydrogen-bond donors (Lipinski definition) is 0. The van der Waals surface area contributed by atoms with Gasteiger partial charge >= 0.3 is 0 Å². The standard InChI is InChI=1S/C23H26N4O5S/c1-30-18-6-4-17(5-7-18)20-15-23(25-16-24-20)26-10-12-27(13-11-26)33(28,29)22-9-8-19(31-2)14-21(22)32-3/h4-9,14-16H,10-13H2,1-3H3. The van der Waals surface area contributed by atoms with Crippen LogP contribution in [0.15, 0.2) is 59.8 Å². The van der Waals surface area contributed by atoms with Crippen LogP contribution in [0.4, 0.5) is 5.82 Å². The van der Waals surface area contributed by atoms with Gasteiger partial charge in [-0.15, -0.1) is 0 Å². The summed E-state index contributed by atoms with van der Waals surface area (Å²) in [6.45, 7) is 1.69. The van der Waals surface area contributed by atoms with Gasteiger partial charge in [0.25, 0.3) is 0 Å². The molecule has 10 heteroatoms. The minimum Gasteiger partial charge on any atom is -0.497 e. The van der Waals surface area contributed by atoms with E-state index in [0.29, 0.717) is 31.9 Å². The third kappa shape index (κ3) is 4.71. The highest BCUT2D eigenvalue weighted by atomic mass is 32.2. The van der Waals surface area contributed by atoms with E-state index >= 15 is 0 Å². The first-order valence-electron chi connectivity index (χ1n) is 10.4. The maximum atomic E-state index is 13.3. The fourth-order valence-corrected chi connectivity index (χ4v) is 5.28. The molecule has 0 amide bonds. The van der Waals surface area contributed by atoms with Crippen molar-refractivity contribution < 1.29 is 22.6 Å². The number of hydrogen-bond acceptors (Lipinski definition) is 8. The molecular formula is C23H26N4O5S. The average molecular weight is 471 g/mol. The van der Waals surface area contributed by atoms with Crippen LogP contribution in [-0.4, -0.2) is 70.2 Å². The number of anilines is 1. The molecule has 2 heterocycles. The van der Waals surface area contributed by atoms with E-state index in [2.05, 4.69) is 14.9 Å². The number of piperazine rings is 1. The van der Waals surface area contributed by atoms with E-state index in [9.17, 15) is 8.42 Å². The van der Waals surface area contributed by atoms with E-state index in [4.69, 9.17) is 14.2 Å². The van der Waals surface area contributed by atoms with Crippen molar-refractivity contribution in [2.45, 2.75) is 4.90 Å². The fraction of sp³-hybridized carbons (Fsp3) is 0.304. The van der Waals surface area contributed by atoms with Gasteiger partial charge in [-0.3, -0.25) is 0 Å². The second-order valence-electron chi connectivity index (χ2n) is 7.40. The summed E-state index contributed by atoms with van der Waals surface area (Å²) in [4.78, 5) is 11.0. The summed E-state index contributed by atoms with van der Waals surface area (Å²) in [5.74, 6) is 2.33. The minimum absolute atomic E-state index is 0.128. The summed E-state index contributed by atoms with van der Waals surface area (Å²) in [6, 6.07) is 14.3. The molecule has 1 saturated heterocycles. The number of aromatic nitrogens is 2. The first-order chi connectivity index (χ1) is 16.0. The van der Waals surface area contributed by atoms with Crippen LogP contribution in [0.3, 0.4) is 0 Å². The van der Waals surface area contributed by atoms with Crippen molar-refractivity contribution in [3.63, 3.8) is 0 Å². The van der Waals surface area contributed by atoms with Crippen LogP contribution in [0, 0.1) is 0 Å². The maximum absolute atomic E-state index is 13.3. The highest BCUT2D eigenvalue weighted by Gasteiger charge is 2.31. The second-order valence-corrected chi connectivity index (χ2v) is 9.30. The average Bonchev–Trinajstić information content (AvgIpc) is 2.88. The molecule has 9 nitrogen and oxygen atoms in total. The second kappa shape index (κ2) is 9.63. The number of sulfonamides is 1. The van der Waals surface area contributed by atoms with Crippen molar-refractivity contribution in [3.05, 3.63) is 54.9 Å². The predicted octanol–water partition coefficient (Wildman–Crippen LogP) is 2.68. The molecule has 0 aliphatic carbocycles. The van der Waals surface area contributed by atoms with Gasteiger partial charge in [-0.25, -0.2) is 18.4 Å². The van der Waals surface area contributed by atoms with Gasteiger partial charge in [-0.2, -0.15) is 4.31 Å². The molecule has 0 unspecified atom stereocenters. The lowest BCUT2D eigenvalue weighted by molar-refractivity contribution is 0.369. The topological polar surface area (TPSA) is 94.1 Å². The number of methoxy groups -OCH3 is 3. The Morgan fingerprint density at radius 3 is 2.09 bits per heavy atom. The van der Waals surface area contributed by atoms with Crippen molar-refractivity contribution in [2.24, 2.45) is 0 Å². The van der Waals surface area contributed by atoms with Crippen LogP contribution in [0.5, 0.6) is 17.2 Å². The van der Waals surface area contributed by atoms with E-state index in [1.807, 2.05) is 30.3 Å². The van der Waals surface area contributed by atoms with Crippen LogP contribution >= 0.6 is 0 Å². The molecule has 2 aromatic carbocycles. The molecular weight excluding hydrogens is 444 g/mol. The molecule has 0 saturated carbocycles. The lowest BCUT2D eigenvalue weighted by atomic mass is 10.1. The molecule has 4 rings (SSSR count). The third-order valence-corrected chi connectivity index (χ3v) is 7.53. The van der Waals surface area contributed by atoms with Gasteiger partial charge in [0.2, 0.25) is 10.0 Å². The highest BCUT2D eigenvalue weighted by molar-refractivity contribution is 7.89. The van der Waals surface area contributed by atoms with E-state index in [1.54, 1.807) is 19.2 Å².